The van der Waals surface area contributed by atoms with Crippen LogP contribution >= 0.6 is 11.3 Å². The van der Waals surface area contributed by atoms with Crippen LogP contribution in [0.1, 0.15) is 44.4 Å². The highest BCUT2D eigenvalue weighted by Crippen LogP contribution is 2.30. The second kappa shape index (κ2) is 8.11. The van der Waals surface area contributed by atoms with Crippen molar-refractivity contribution >= 4 is 11.3 Å². The molecule has 0 unspecified atom stereocenters. The lowest BCUT2D eigenvalue weighted by molar-refractivity contribution is 0.340. The molecule has 2 rings (SSSR count). The Morgan fingerprint density at radius 2 is 1.70 bits per heavy atom. The van der Waals surface area contributed by atoms with E-state index in [9.17, 15) is 0 Å². The standard InChI is InChI=1S/C18H24OS/c1-3-5-6-7-8-17-13-14-18(20-17)15-9-11-16(12-10-15)19-4-2/h9-14H,3-8H2,1-2H3. The lowest BCUT2D eigenvalue weighted by Gasteiger charge is -2.03. The normalized spacial score (nSPS) is 10.7. The molecule has 0 radical (unpaired) electrons. The molecule has 0 aliphatic carbocycles. The first kappa shape index (κ1) is 15.1. The molecule has 0 amide bonds. The van der Waals surface area contributed by atoms with Crippen LogP contribution in [0, 0.1) is 0 Å². The van der Waals surface area contributed by atoms with Gasteiger partial charge >= 0.3 is 0 Å². The molecule has 1 nitrogen and oxygen atoms in total. The predicted octanol–water partition coefficient (Wildman–Crippen LogP) is 5.94. The van der Waals surface area contributed by atoms with Gasteiger partial charge in [0.15, 0.2) is 0 Å². The van der Waals surface area contributed by atoms with E-state index in [1.54, 1.807) is 0 Å². The first-order chi connectivity index (χ1) is 9.83. The SMILES string of the molecule is CCCCCCc1ccc(-c2ccc(OCC)cc2)s1. The maximum atomic E-state index is 5.48. The highest BCUT2D eigenvalue weighted by Gasteiger charge is 2.03. The van der Waals surface area contributed by atoms with E-state index >= 15 is 0 Å². The maximum Gasteiger partial charge on any atom is 0.119 e. The molecule has 0 aliphatic rings. The summed E-state index contributed by atoms with van der Waals surface area (Å²) in [7, 11) is 0. The third kappa shape index (κ3) is 4.38. The van der Waals surface area contributed by atoms with Crippen molar-refractivity contribution in [1.82, 2.24) is 0 Å². The Labute approximate surface area is 126 Å². The topological polar surface area (TPSA) is 9.23 Å². The fraction of sp³-hybridized carbons (Fsp3) is 0.444. The van der Waals surface area contributed by atoms with Gasteiger partial charge in [-0.3, -0.25) is 0 Å². The van der Waals surface area contributed by atoms with E-state index in [-0.39, 0.29) is 0 Å². The minimum absolute atomic E-state index is 0.722. The van der Waals surface area contributed by atoms with Crippen molar-refractivity contribution in [2.45, 2.75) is 46.0 Å². The van der Waals surface area contributed by atoms with Crippen molar-refractivity contribution in [3.05, 3.63) is 41.3 Å². The molecule has 0 fully saturated rings. The highest BCUT2D eigenvalue weighted by molar-refractivity contribution is 7.15. The molecule has 1 aromatic heterocycles. The van der Waals surface area contributed by atoms with Crippen LogP contribution in [-0.2, 0) is 6.42 Å². The summed E-state index contributed by atoms with van der Waals surface area (Å²) >= 11 is 1.92. The van der Waals surface area contributed by atoms with E-state index in [2.05, 4.69) is 43.3 Å². The maximum absolute atomic E-state index is 5.48. The fourth-order valence-corrected chi connectivity index (χ4v) is 3.33. The van der Waals surface area contributed by atoms with Gasteiger partial charge in [0.1, 0.15) is 5.75 Å². The van der Waals surface area contributed by atoms with Gasteiger partial charge in [-0.25, -0.2) is 0 Å². The molecule has 0 saturated carbocycles. The second-order valence-corrected chi connectivity index (χ2v) is 6.20. The fourth-order valence-electron chi connectivity index (χ4n) is 2.28. The first-order valence-electron chi connectivity index (χ1n) is 7.65. The number of thiophene rings is 1. The monoisotopic (exact) mass is 288 g/mol. The average molecular weight is 288 g/mol. The first-order valence-corrected chi connectivity index (χ1v) is 8.47. The van der Waals surface area contributed by atoms with Crippen LogP contribution in [0.25, 0.3) is 10.4 Å². The largest absolute Gasteiger partial charge is 0.494 e. The van der Waals surface area contributed by atoms with Crippen LogP contribution in [0.15, 0.2) is 36.4 Å². The molecule has 0 spiro atoms. The smallest absolute Gasteiger partial charge is 0.119 e. The molecule has 0 bridgehead atoms. The van der Waals surface area contributed by atoms with E-state index < -0.39 is 0 Å². The van der Waals surface area contributed by atoms with Gasteiger partial charge in [-0.1, -0.05) is 26.2 Å². The Morgan fingerprint density at radius 3 is 2.40 bits per heavy atom. The van der Waals surface area contributed by atoms with Gasteiger partial charge in [0.25, 0.3) is 0 Å². The molecular formula is C18H24OS. The van der Waals surface area contributed by atoms with Crippen molar-refractivity contribution in [1.29, 1.82) is 0 Å². The summed E-state index contributed by atoms with van der Waals surface area (Å²) in [5.74, 6) is 0.951. The number of ether oxygens (including phenoxy) is 1. The summed E-state index contributed by atoms with van der Waals surface area (Å²) in [5.41, 5.74) is 1.29. The van der Waals surface area contributed by atoms with E-state index in [0.717, 1.165) is 12.4 Å². The van der Waals surface area contributed by atoms with Crippen LogP contribution in [0.3, 0.4) is 0 Å². The van der Waals surface area contributed by atoms with Gasteiger partial charge in [0, 0.05) is 9.75 Å². The Morgan fingerprint density at radius 1 is 0.900 bits per heavy atom. The summed E-state index contributed by atoms with van der Waals surface area (Å²) in [6.45, 7) is 4.99. The Hall–Kier alpha value is -1.28. The number of hydrogen-bond donors (Lipinski definition) is 0. The predicted molar refractivity (Wildman–Crippen MR) is 88.8 cm³/mol. The van der Waals surface area contributed by atoms with E-state index in [1.807, 2.05) is 18.3 Å². The third-order valence-corrected chi connectivity index (χ3v) is 4.58. The summed E-state index contributed by atoms with van der Waals surface area (Å²) in [4.78, 5) is 2.86. The van der Waals surface area contributed by atoms with E-state index in [1.165, 1.54) is 47.4 Å². The van der Waals surface area contributed by atoms with Gasteiger partial charge < -0.3 is 4.74 Å². The third-order valence-electron chi connectivity index (χ3n) is 3.39. The van der Waals surface area contributed by atoms with E-state index in [0.29, 0.717) is 0 Å². The lowest BCUT2D eigenvalue weighted by atomic mass is 10.1. The zero-order valence-corrected chi connectivity index (χ0v) is 13.3. The van der Waals surface area contributed by atoms with Gasteiger partial charge in [0.2, 0.25) is 0 Å². The lowest BCUT2D eigenvalue weighted by Crippen LogP contribution is -1.90. The molecule has 1 aromatic carbocycles. The summed E-state index contributed by atoms with van der Waals surface area (Å²) < 4.78 is 5.48. The van der Waals surface area contributed by atoms with Gasteiger partial charge in [-0.15, -0.1) is 11.3 Å². The number of unbranched alkanes of at least 4 members (excludes halogenated alkanes) is 3. The van der Waals surface area contributed by atoms with Gasteiger partial charge in [0.05, 0.1) is 6.61 Å². The number of hydrogen-bond acceptors (Lipinski definition) is 2. The Kier molecular flexibility index (Phi) is 6.13. The number of rotatable bonds is 8. The van der Waals surface area contributed by atoms with Gasteiger partial charge in [-0.2, -0.15) is 0 Å². The molecule has 2 heteroatoms. The summed E-state index contributed by atoms with van der Waals surface area (Å²) in [6, 6.07) is 12.9. The average Bonchev–Trinajstić information content (AvgIpc) is 2.94. The van der Waals surface area contributed by atoms with Crippen molar-refractivity contribution in [2.24, 2.45) is 0 Å². The van der Waals surface area contributed by atoms with Crippen LogP contribution in [-0.4, -0.2) is 6.61 Å². The molecule has 0 atom stereocenters. The highest BCUT2D eigenvalue weighted by atomic mass is 32.1. The molecule has 1 heterocycles. The zero-order valence-electron chi connectivity index (χ0n) is 12.5. The molecule has 0 N–H and O–H groups in total. The van der Waals surface area contributed by atoms with Crippen LogP contribution in [0.5, 0.6) is 5.75 Å². The van der Waals surface area contributed by atoms with Crippen molar-refractivity contribution in [2.75, 3.05) is 6.61 Å². The minimum atomic E-state index is 0.722. The second-order valence-electron chi connectivity index (χ2n) is 5.03. The molecule has 2 aromatic rings. The summed E-state index contributed by atoms with van der Waals surface area (Å²) in [5, 5.41) is 0. The summed E-state index contributed by atoms with van der Waals surface area (Å²) in [6.07, 6.45) is 6.56. The number of benzene rings is 1. The van der Waals surface area contributed by atoms with Crippen molar-refractivity contribution in [3.8, 4) is 16.2 Å². The van der Waals surface area contributed by atoms with Crippen molar-refractivity contribution in [3.63, 3.8) is 0 Å². The van der Waals surface area contributed by atoms with Crippen LogP contribution in [0.2, 0.25) is 0 Å². The van der Waals surface area contributed by atoms with Gasteiger partial charge in [-0.05, 0) is 61.7 Å². The quantitative estimate of drug-likeness (QED) is 0.546. The minimum Gasteiger partial charge on any atom is -0.494 e. The zero-order chi connectivity index (χ0) is 14.2. The van der Waals surface area contributed by atoms with Crippen molar-refractivity contribution < 1.29 is 4.74 Å². The Balaban J connectivity index is 1.93. The molecule has 0 aliphatic heterocycles. The van der Waals surface area contributed by atoms with E-state index in [4.69, 9.17) is 4.74 Å². The molecule has 108 valence electrons. The number of aryl methyl sites for hydroxylation is 1. The molecule has 20 heavy (non-hydrogen) atoms. The molecular weight excluding hydrogens is 264 g/mol. The Bertz CT molecular complexity index is 498. The molecule has 0 saturated heterocycles. The van der Waals surface area contributed by atoms with Crippen LogP contribution < -0.4 is 4.74 Å². The van der Waals surface area contributed by atoms with Crippen LogP contribution in [0.4, 0.5) is 0 Å².